The van der Waals surface area contributed by atoms with E-state index >= 15 is 0 Å². The van der Waals surface area contributed by atoms with Crippen LogP contribution in [-0.2, 0) is 6.54 Å². The van der Waals surface area contributed by atoms with Crippen LogP contribution in [0.15, 0.2) is 42.6 Å². The van der Waals surface area contributed by atoms with Crippen LogP contribution in [0.2, 0.25) is 0 Å². The van der Waals surface area contributed by atoms with Crippen LogP contribution in [0, 0.1) is 6.92 Å². The summed E-state index contributed by atoms with van der Waals surface area (Å²) in [6.07, 6.45) is 5.35. The number of aromatic nitrogens is 1. The molecule has 1 saturated heterocycles. The maximum Gasteiger partial charge on any atom is 0.170 e. The number of para-hydroxylation sites is 1. The van der Waals surface area contributed by atoms with Crippen molar-refractivity contribution in [1.82, 2.24) is 9.88 Å². The SMILES string of the molecule is Cc1ccc(CN2CCCC3(CC2)CC(=O)c2ccccc2O3)cn1. The number of ketones is 1. The molecule has 4 heteroatoms. The van der Waals surface area contributed by atoms with Crippen LogP contribution in [0.3, 0.4) is 0 Å². The first-order chi connectivity index (χ1) is 12.1. The Hall–Kier alpha value is -2.20. The lowest BCUT2D eigenvalue weighted by Gasteiger charge is -2.37. The van der Waals surface area contributed by atoms with Crippen molar-refractivity contribution in [3.05, 3.63) is 59.4 Å². The Kier molecular flexibility index (Phi) is 4.30. The highest BCUT2D eigenvalue weighted by atomic mass is 16.5. The molecule has 1 aromatic carbocycles. The molecule has 1 fully saturated rings. The van der Waals surface area contributed by atoms with Crippen molar-refractivity contribution in [2.45, 2.75) is 44.8 Å². The van der Waals surface area contributed by atoms with E-state index in [9.17, 15) is 4.79 Å². The van der Waals surface area contributed by atoms with Crippen LogP contribution in [0.4, 0.5) is 0 Å². The second-order valence-electron chi connectivity index (χ2n) is 7.32. The fourth-order valence-electron chi connectivity index (χ4n) is 3.95. The molecular formula is C21H24N2O2. The maximum absolute atomic E-state index is 12.6. The van der Waals surface area contributed by atoms with Crippen LogP contribution < -0.4 is 4.74 Å². The van der Waals surface area contributed by atoms with Crippen molar-refractivity contribution in [1.29, 1.82) is 0 Å². The molecule has 130 valence electrons. The van der Waals surface area contributed by atoms with Gasteiger partial charge in [-0.25, -0.2) is 0 Å². The maximum atomic E-state index is 12.6. The van der Waals surface area contributed by atoms with Crippen LogP contribution in [0.5, 0.6) is 5.75 Å². The standard InChI is InChI=1S/C21H24N2O2/c1-16-7-8-17(14-22-16)15-23-11-4-9-21(10-12-23)13-19(24)18-5-2-3-6-20(18)25-21/h2-3,5-8,14H,4,9-13,15H2,1H3. The molecule has 2 aliphatic rings. The number of nitrogens with zero attached hydrogens (tertiary/aromatic N) is 2. The van der Waals surface area contributed by atoms with Gasteiger partial charge in [-0.3, -0.25) is 14.7 Å². The molecule has 0 amide bonds. The number of carbonyl (C=O) groups is 1. The summed E-state index contributed by atoms with van der Waals surface area (Å²) in [6, 6.07) is 11.9. The number of Topliss-reactive ketones (excluding diaryl/α,β-unsaturated/α-hetero) is 1. The summed E-state index contributed by atoms with van der Waals surface area (Å²) in [4.78, 5) is 19.4. The Balaban J connectivity index is 1.46. The van der Waals surface area contributed by atoms with Gasteiger partial charge in [0.15, 0.2) is 5.78 Å². The van der Waals surface area contributed by atoms with Crippen molar-refractivity contribution in [3.63, 3.8) is 0 Å². The van der Waals surface area contributed by atoms with Crippen molar-refractivity contribution >= 4 is 5.78 Å². The highest BCUT2D eigenvalue weighted by molar-refractivity contribution is 6.00. The lowest BCUT2D eigenvalue weighted by Crippen LogP contribution is -2.42. The minimum absolute atomic E-state index is 0.220. The van der Waals surface area contributed by atoms with Gasteiger partial charge in [-0.15, -0.1) is 0 Å². The highest BCUT2D eigenvalue weighted by Crippen LogP contribution is 2.39. The molecule has 1 unspecified atom stereocenters. The topological polar surface area (TPSA) is 42.4 Å². The molecule has 25 heavy (non-hydrogen) atoms. The normalized spacial score (nSPS) is 23.8. The Morgan fingerprint density at radius 3 is 2.88 bits per heavy atom. The average molecular weight is 336 g/mol. The first kappa shape index (κ1) is 16.3. The van der Waals surface area contributed by atoms with E-state index in [0.717, 1.165) is 55.9 Å². The Morgan fingerprint density at radius 2 is 2.04 bits per heavy atom. The number of hydrogen-bond donors (Lipinski definition) is 0. The zero-order valence-corrected chi connectivity index (χ0v) is 14.7. The van der Waals surface area contributed by atoms with Gasteiger partial charge in [-0.1, -0.05) is 18.2 Å². The summed E-state index contributed by atoms with van der Waals surface area (Å²) < 4.78 is 6.37. The van der Waals surface area contributed by atoms with Gasteiger partial charge in [-0.05, 0) is 50.1 Å². The molecule has 3 heterocycles. The second kappa shape index (κ2) is 6.60. The van der Waals surface area contributed by atoms with E-state index in [0.29, 0.717) is 6.42 Å². The van der Waals surface area contributed by atoms with Crippen molar-refractivity contribution in [2.24, 2.45) is 0 Å². The predicted molar refractivity (Wildman–Crippen MR) is 96.9 cm³/mol. The summed E-state index contributed by atoms with van der Waals surface area (Å²) in [7, 11) is 0. The minimum atomic E-state index is -0.328. The number of carbonyl (C=O) groups excluding carboxylic acids is 1. The van der Waals surface area contributed by atoms with Crippen molar-refractivity contribution < 1.29 is 9.53 Å². The van der Waals surface area contributed by atoms with Gasteiger partial charge in [0.05, 0.1) is 12.0 Å². The van der Waals surface area contributed by atoms with Gasteiger partial charge in [0.25, 0.3) is 0 Å². The molecule has 1 spiro atoms. The fraction of sp³-hybridized carbons (Fsp3) is 0.429. The summed E-state index contributed by atoms with van der Waals surface area (Å²) in [5.74, 6) is 0.980. The number of fused-ring (bicyclic) bond motifs is 1. The van der Waals surface area contributed by atoms with Gasteiger partial charge < -0.3 is 4.74 Å². The number of benzene rings is 1. The molecule has 1 atom stereocenters. The van der Waals surface area contributed by atoms with Crippen molar-refractivity contribution in [2.75, 3.05) is 13.1 Å². The predicted octanol–water partition coefficient (Wildman–Crippen LogP) is 3.78. The molecule has 4 rings (SSSR count). The Bertz CT molecular complexity index is 772. The van der Waals surface area contributed by atoms with E-state index in [2.05, 4.69) is 22.0 Å². The number of hydrogen-bond acceptors (Lipinski definition) is 4. The monoisotopic (exact) mass is 336 g/mol. The summed E-state index contributed by atoms with van der Waals surface area (Å²) in [5.41, 5.74) is 2.70. The van der Waals surface area contributed by atoms with Crippen LogP contribution in [-0.4, -0.2) is 34.4 Å². The lowest BCUT2D eigenvalue weighted by molar-refractivity contribution is 0.0299. The third kappa shape index (κ3) is 3.45. The van der Waals surface area contributed by atoms with Gasteiger partial charge in [0.2, 0.25) is 0 Å². The van der Waals surface area contributed by atoms with E-state index < -0.39 is 0 Å². The van der Waals surface area contributed by atoms with E-state index in [1.165, 1.54) is 5.56 Å². The summed E-state index contributed by atoms with van der Waals surface area (Å²) >= 11 is 0. The van der Waals surface area contributed by atoms with E-state index in [1.807, 2.05) is 37.4 Å². The zero-order chi connectivity index (χ0) is 17.3. The first-order valence-corrected chi connectivity index (χ1v) is 9.09. The third-order valence-electron chi connectivity index (χ3n) is 5.37. The molecule has 4 nitrogen and oxygen atoms in total. The van der Waals surface area contributed by atoms with Crippen molar-refractivity contribution in [3.8, 4) is 5.75 Å². The summed E-state index contributed by atoms with van der Waals surface area (Å²) in [6.45, 7) is 4.90. The number of pyridine rings is 1. The molecule has 1 aromatic heterocycles. The first-order valence-electron chi connectivity index (χ1n) is 9.09. The molecule has 0 radical (unpaired) electrons. The molecule has 2 aromatic rings. The highest BCUT2D eigenvalue weighted by Gasteiger charge is 2.41. The number of likely N-dealkylation sites (tertiary alicyclic amines) is 1. The fourth-order valence-corrected chi connectivity index (χ4v) is 3.95. The van der Waals surface area contributed by atoms with Gasteiger partial charge in [0.1, 0.15) is 11.4 Å². The molecule has 2 aliphatic heterocycles. The second-order valence-corrected chi connectivity index (χ2v) is 7.32. The number of aryl methyl sites for hydroxylation is 1. The number of ether oxygens (including phenoxy) is 1. The lowest BCUT2D eigenvalue weighted by atomic mass is 9.84. The van der Waals surface area contributed by atoms with E-state index in [4.69, 9.17) is 4.74 Å². The minimum Gasteiger partial charge on any atom is -0.486 e. The molecular weight excluding hydrogens is 312 g/mol. The van der Waals surface area contributed by atoms with E-state index in [-0.39, 0.29) is 11.4 Å². The largest absolute Gasteiger partial charge is 0.486 e. The van der Waals surface area contributed by atoms with Gasteiger partial charge in [-0.2, -0.15) is 0 Å². The molecule has 0 aliphatic carbocycles. The van der Waals surface area contributed by atoms with Crippen LogP contribution in [0.25, 0.3) is 0 Å². The Labute approximate surface area is 148 Å². The van der Waals surface area contributed by atoms with Gasteiger partial charge in [0, 0.05) is 31.4 Å². The molecule has 0 N–H and O–H groups in total. The summed E-state index contributed by atoms with van der Waals surface area (Å²) in [5, 5.41) is 0. The van der Waals surface area contributed by atoms with Gasteiger partial charge >= 0.3 is 0 Å². The van der Waals surface area contributed by atoms with Crippen LogP contribution in [0.1, 0.15) is 47.3 Å². The number of rotatable bonds is 2. The van der Waals surface area contributed by atoms with Crippen LogP contribution >= 0.6 is 0 Å². The molecule has 0 bridgehead atoms. The Morgan fingerprint density at radius 1 is 1.16 bits per heavy atom. The smallest absolute Gasteiger partial charge is 0.170 e. The zero-order valence-electron chi connectivity index (χ0n) is 14.7. The average Bonchev–Trinajstić information content (AvgIpc) is 2.79. The quantitative estimate of drug-likeness (QED) is 0.837. The third-order valence-corrected chi connectivity index (χ3v) is 5.37. The van der Waals surface area contributed by atoms with E-state index in [1.54, 1.807) is 0 Å². The molecule has 0 saturated carbocycles.